The fraction of sp³-hybridized carbons (Fsp3) is 1.00. The van der Waals surface area contributed by atoms with Crippen LogP contribution in [-0.2, 0) is 0 Å². The SMILES string of the molecule is CCCC(CN1CCN(C(C)CC)CC1)NCC. The van der Waals surface area contributed by atoms with Gasteiger partial charge in [-0.3, -0.25) is 9.80 Å². The maximum absolute atomic E-state index is 3.62. The highest BCUT2D eigenvalue weighted by Gasteiger charge is 2.21. The van der Waals surface area contributed by atoms with Gasteiger partial charge in [0.15, 0.2) is 0 Å². The fourth-order valence-electron chi connectivity index (χ4n) is 2.85. The van der Waals surface area contributed by atoms with Crippen LogP contribution in [0.4, 0.5) is 0 Å². The first kappa shape index (κ1) is 15.9. The Bertz CT molecular complexity index is 194. The van der Waals surface area contributed by atoms with E-state index in [-0.39, 0.29) is 0 Å². The van der Waals surface area contributed by atoms with Crippen LogP contribution in [0.3, 0.4) is 0 Å². The third-order valence-electron chi connectivity index (χ3n) is 4.23. The lowest BCUT2D eigenvalue weighted by Crippen LogP contribution is -2.52. The number of likely N-dealkylation sites (N-methyl/N-ethyl adjacent to an activating group) is 1. The van der Waals surface area contributed by atoms with E-state index < -0.39 is 0 Å². The van der Waals surface area contributed by atoms with Gasteiger partial charge >= 0.3 is 0 Å². The molecule has 1 rings (SSSR count). The van der Waals surface area contributed by atoms with Gasteiger partial charge < -0.3 is 5.32 Å². The first-order chi connectivity index (χ1) is 8.71. The van der Waals surface area contributed by atoms with Gasteiger partial charge in [-0.15, -0.1) is 0 Å². The summed E-state index contributed by atoms with van der Waals surface area (Å²) in [7, 11) is 0. The molecule has 0 aliphatic carbocycles. The summed E-state index contributed by atoms with van der Waals surface area (Å²) in [5.74, 6) is 0. The minimum atomic E-state index is 0.690. The zero-order chi connectivity index (χ0) is 13.4. The molecule has 0 saturated carbocycles. The monoisotopic (exact) mass is 255 g/mol. The van der Waals surface area contributed by atoms with Crippen molar-refractivity contribution in [3.8, 4) is 0 Å². The topological polar surface area (TPSA) is 18.5 Å². The summed E-state index contributed by atoms with van der Waals surface area (Å²) in [6.07, 6.45) is 3.86. The van der Waals surface area contributed by atoms with Gasteiger partial charge in [-0.25, -0.2) is 0 Å². The van der Waals surface area contributed by atoms with Crippen LogP contribution in [0.25, 0.3) is 0 Å². The minimum absolute atomic E-state index is 0.690. The van der Waals surface area contributed by atoms with Gasteiger partial charge in [0.2, 0.25) is 0 Å². The van der Waals surface area contributed by atoms with Gasteiger partial charge in [-0.2, -0.15) is 0 Å². The maximum Gasteiger partial charge on any atom is 0.0194 e. The molecule has 1 N–H and O–H groups in total. The number of nitrogens with one attached hydrogen (secondary N) is 1. The molecule has 0 radical (unpaired) electrons. The second-order valence-corrected chi connectivity index (χ2v) is 5.64. The van der Waals surface area contributed by atoms with Gasteiger partial charge in [0.1, 0.15) is 0 Å². The van der Waals surface area contributed by atoms with E-state index in [0.29, 0.717) is 6.04 Å². The second-order valence-electron chi connectivity index (χ2n) is 5.64. The average molecular weight is 255 g/mol. The molecular formula is C15H33N3. The summed E-state index contributed by atoms with van der Waals surface area (Å²) in [6.45, 7) is 16.5. The second kappa shape index (κ2) is 8.89. The van der Waals surface area contributed by atoms with Gasteiger partial charge in [0.05, 0.1) is 0 Å². The lowest BCUT2D eigenvalue weighted by atomic mass is 10.1. The van der Waals surface area contributed by atoms with Crippen LogP contribution in [0.5, 0.6) is 0 Å². The Morgan fingerprint density at radius 3 is 2.22 bits per heavy atom. The van der Waals surface area contributed by atoms with Crippen LogP contribution < -0.4 is 5.32 Å². The molecule has 0 aromatic rings. The van der Waals surface area contributed by atoms with E-state index in [1.807, 2.05) is 0 Å². The van der Waals surface area contributed by atoms with E-state index in [1.54, 1.807) is 0 Å². The van der Waals surface area contributed by atoms with Gasteiger partial charge in [-0.1, -0.05) is 27.2 Å². The normalized spacial score (nSPS) is 22.0. The van der Waals surface area contributed by atoms with Crippen molar-refractivity contribution in [3.05, 3.63) is 0 Å². The number of piperazine rings is 1. The zero-order valence-electron chi connectivity index (χ0n) is 12.9. The van der Waals surface area contributed by atoms with Crippen molar-refractivity contribution in [3.63, 3.8) is 0 Å². The van der Waals surface area contributed by atoms with E-state index in [9.17, 15) is 0 Å². The maximum atomic E-state index is 3.62. The molecule has 0 bridgehead atoms. The summed E-state index contributed by atoms with van der Waals surface area (Å²) in [5.41, 5.74) is 0. The van der Waals surface area contributed by atoms with Crippen molar-refractivity contribution >= 4 is 0 Å². The van der Waals surface area contributed by atoms with Crippen LogP contribution >= 0.6 is 0 Å². The number of hydrogen-bond acceptors (Lipinski definition) is 3. The van der Waals surface area contributed by atoms with Crippen LogP contribution in [0.15, 0.2) is 0 Å². The van der Waals surface area contributed by atoms with Crippen molar-refractivity contribution in [1.29, 1.82) is 0 Å². The molecule has 1 fully saturated rings. The van der Waals surface area contributed by atoms with E-state index >= 15 is 0 Å². The van der Waals surface area contributed by atoms with Crippen LogP contribution in [0, 0.1) is 0 Å². The van der Waals surface area contributed by atoms with E-state index in [0.717, 1.165) is 12.6 Å². The Morgan fingerprint density at radius 2 is 1.72 bits per heavy atom. The summed E-state index contributed by atoms with van der Waals surface area (Å²) in [4.78, 5) is 5.28. The molecule has 3 heteroatoms. The molecule has 0 aromatic carbocycles. The van der Waals surface area contributed by atoms with Crippen LogP contribution in [0.2, 0.25) is 0 Å². The Balaban J connectivity index is 2.28. The zero-order valence-corrected chi connectivity index (χ0v) is 12.9. The van der Waals surface area contributed by atoms with Crippen LogP contribution in [0.1, 0.15) is 47.0 Å². The van der Waals surface area contributed by atoms with E-state index in [4.69, 9.17) is 0 Å². The molecule has 108 valence electrons. The van der Waals surface area contributed by atoms with Gasteiger partial charge in [-0.05, 0) is 26.3 Å². The minimum Gasteiger partial charge on any atom is -0.313 e. The molecule has 1 saturated heterocycles. The Kier molecular flexibility index (Phi) is 7.87. The highest BCUT2D eigenvalue weighted by atomic mass is 15.3. The Labute approximate surface area is 114 Å². The smallest absolute Gasteiger partial charge is 0.0194 e. The first-order valence-corrected chi connectivity index (χ1v) is 7.90. The largest absolute Gasteiger partial charge is 0.313 e. The van der Waals surface area contributed by atoms with Crippen molar-refractivity contribution in [2.45, 2.75) is 59.0 Å². The van der Waals surface area contributed by atoms with Crippen molar-refractivity contribution in [2.24, 2.45) is 0 Å². The fourth-order valence-corrected chi connectivity index (χ4v) is 2.85. The van der Waals surface area contributed by atoms with E-state index in [1.165, 1.54) is 52.0 Å². The lowest BCUT2D eigenvalue weighted by Gasteiger charge is -2.39. The molecule has 0 spiro atoms. The molecule has 0 aromatic heterocycles. The third kappa shape index (κ3) is 5.25. The van der Waals surface area contributed by atoms with Gasteiger partial charge in [0.25, 0.3) is 0 Å². The summed E-state index contributed by atoms with van der Waals surface area (Å²) in [6, 6.07) is 1.45. The Morgan fingerprint density at radius 1 is 1.06 bits per heavy atom. The predicted molar refractivity (Wildman–Crippen MR) is 80.1 cm³/mol. The van der Waals surface area contributed by atoms with Crippen LogP contribution in [-0.4, -0.2) is 61.2 Å². The third-order valence-corrected chi connectivity index (χ3v) is 4.23. The summed E-state index contributed by atoms with van der Waals surface area (Å²) in [5, 5.41) is 3.62. The molecule has 18 heavy (non-hydrogen) atoms. The van der Waals surface area contributed by atoms with Crippen molar-refractivity contribution in [1.82, 2.24) is 15.1 Å². The highest BCUT2D eigenvalue weighted by molar-refractivity contribution is 4.79. The molecule has 3 nitrogen and oxygen atoms in total. The number of nitrogens with zero attached hydrogens (tertiary/aromatic N) is 2. The van der Waals surface area contributed by atoms with Crippen molar-refractivity contribution < 1.29 is 0 Å². The molecule has 2 unspecified atom stereocenters. The quantitative estimate of drug-likeness (QED) is 0.717. The first-order valence-electron chi connectivity index (χ1n) is 7.90. The predicted octanol–water partition coefficient (Wildman–Crippen LogP) is 2.18. The molecule has 1 aliphatic heterocycles. The number of rotatable bonds is 8. The summed E-state index contributed by atoms with van der Waals surface area (Å²) < 4.78 is 0. The van der Waals surface area contributed by atoms with Crippen molar-refractivity contribution in [2.75, 3.05) is 39.3 Å². The van der Waals surface area contributed by atoms with Gasteiger partial charge in [0, 0.05) is 44.8 Å². The Hall–Kier alpha value is -0.120. The van der Waals surface area contributed by atoms with E-state index in [2.05, 4.69) is 42.8 Å². The molecule has 1 aliphatic rings. The highest BCUT2D eigenvalue weighted by Crippen LogP contribution is 2.10. The molecule has 0 amide bonds. The number of hydrogen-bond donors (Lipinski definition) is 1. The average Bonchev–Trinajstić information content (AvgIpc) is 2.39. The lowest BCUT2D eigenvalue weighted by molar-refractivity contribution is 0.0932. The molecule has 1 heterocycles. The molecular weight excluding hydrogens is 222 g/mol. The summed E-state index contributed by atoms with van der Waals surface area (Å²) >= 11 is 0. The molecule has 2 atom stereocenters. The standard InChI is InChI=1S/C15H33N3/c1-5-8-15(16-7-3)13-17-9-11-18(12-10-17)14(4)6-2/h14-16H,5-13H2,1-4H3.